The zero-order chi connectivity index (χ0) is 18.0. The summed E-state index contributed by atoms with van der Waals surface area (Å²) in [5.74, 6) is 0.568. The molecule has 130 valence electrons. The highest BCUT2D eigenvalue weighted by atomic mass is 32.2. The summed E-state index contributed by atoms with van der Waals surface area (Å²) in [7, 11) is -5.47. The van der Waals surface area contributed by atoms with Gasteiger partial charge in [0.2, 0.25) is 10.0 Å². The first-order valence-electron chi connectivity index (χ1n) is 7.10. The van der Waals surface area contributed by atoms with Gasteiger partial charge in [0.15, 0.2) is 9.84 Å². The maximum atomic E-state index is 12.4. The Morgan fingerprint density at radius 3 is 1.83 bits per heavy atom. The molecule has 24 heavy (non-hydrogen) atoms. The van der Waals surface area contributed by atoms with Gasteiger partial charge in [0.1, 0.15) is 5.75 Å². The second-order valence-corrected chi connectivity index (χ2v) is 9.09. The highest BCUT2D eigenvalue weighted by molar-refractivity contribution is 7.90. The highest BCUT2D eigenvalue weighted by Gasteiger charge is 2.19. The van der Waals surface area contributed by atoms with Crippen LogP contribution in [0.15, 0.2) is 58.3 Å². The van der Waals surface area contributed by atoms with Crippen LogP contribution in [0.25, 0.3) is 0 Å². The van der Waals surface area contributed by atoms with Crippen LogP contribution < -0.4 is 9.46 Å². The van der Waals surface area contributed by atoms with Crippen LogP contribution in [0.3, 0.4) is 0 Å². The minimum atomic E-state index is -3.69. The number of nitrogens with one attached hydrogen (secondary N) is 1. The van der Waals surface area contributed by atoms with Crippen LogP contribution in [0, 0.1) is 0 Å². The number of ether oxygens (including phenoxy) is 1. The number of rotatable bonds is 6. The highest BCUT2D eigenvalue weighted by Crippen LogP contribution is 2.20. The van der Waals surface area contributed by atoms with Gasteiger partial charge in [-0.15, -0.1) is 0 Å². The molecule has 1 atom stereocenters. The molecule has 2 aromatic carbocycles. The minimum absolute atomic E-state index is 0.128. The quantitative estimate of drug-likeness (QED) is 0.843. The molecule has 0 aromatic heterocycles. The molecule has 0 heterocycles. The number of sulfone groups is 1. The normalized spacial score (nSPS) is 13.5. The van der Waals surface area contributed by atoms with E-state index in [0.717, 1.165) is 6.26 Å². The van der Waals surface area contributed by atoms with E-state index in [2.05, 4.69) is 4.72 Å². The zero-order valence-electron chi connectivity index (χ0n) is 13.6. The second-order valence-electron chi connectivity index (χ2n) is 5.36. The summed E-state index contributed by atoms with van der Waals surface area (Å²) in [5, 5.41) is 0. The average molecular weight is 369 g/mol. The second kappa shape index (κ2) is 6.92. The fourth-order valence-electron chi connectivity index (χ4n) is 2.13. The maximum Gasteiger partial charge on any atom is 0.241 e. The molecule has 0 aliphatic rings. The SMILES string of the molecule is COc1ccc(S(=O)(=O)N[C@H](C)c2ccc(S(C)(=O)=O)cc2)cc1. The van der Waals surface area contributed by atoms with Gasteiger partial charge < -0.3 is 4.74 Å². The van der Waals surface area contributed by atoms with Crippen LogP contribution in [-0.4, -0.2) is 30.2 Å². The Labute approximate surface area is 142 Å². The molecule has 8 heteroatoms. The Morgan fingerprint density at radius 1 is 0.875 bits per heavy atom. The molecule has 0 amide bonds. The lowest BCUT2D eigenvalue weighted by atomic mass is 10.1. The Hall–Kier alpha value is -1.90. The third kappa shape index (κ3) is 4.34. The Kier molecular flexibility index (Phi) is 5.32. The molecular weight excluding hydrogens is 350 g/mol. The molecule has 2 rings (SSSR count). The van der Waals surface area contributed by atoms with Crippen molar-refractivity contribution in [2.45, 2.75) is 22.8 Å². The first-order chi connectivity index (χ1) is 11.1. The molecule has 0 radical (unpaired) electrons. The van der Waals surface area contributed by atoms with Crippen LogP contribution in [0.2, 0.25) is 0 Å². The molecule has 1 N–H and O–H groups in total. The molecule has 0 aliphatic heterocycles. The van der Waals surface area contributed by atoms with Gasteiger partial charge in [-0.3, -0.25) is 0 Å². The number of methoxy groups -OCH3 is 1. The molecule has 0 saturated heterocycles. The molecule has 0 saturated carbocycles. The van der Waals surface area contributed by atoms with E-state index in [1.807, 2.05) is 0 Å². The number of hydrogen-bond acceptors (Lipinski definition) is 5. The average Bonchev–Trinajstić information content (AvgIpc) is 2.54. The fraction of sp³-hybridized carbons (Fsp3) is 0.250. The first kappa shape index (κ1) is 18.4. The van der Waals surface area contributed by atoms with Crippen LogP contribution in [0.4, 0.5) is 0 Å². The van der Waals surface area contributed by atoms with Crippen molar-refractivity contribution >= 4 is 19.9 Å². The van der Waals surface area contributed by atoms with Crippen LogP contribution in [-0.2, 0) is 19.9 Å². The topological polar surface area (TPSA) is 89.5 Å². The van der Waals surface area contributed by atoms with E-state index < -0.39 is 25.9 Å². The fourth-order valence-corrected chi connectivity index (χ4v) is 3.99. The van der Waals surface area contributed by atoms with E-state index in [1.54, 1.807) is 31.2 Å². The lowest BCUT2D eigenvalue weighted by molar-refractivity contribution is 0.414. The molecule has 0 bridgehead atoms. The van der Waals surface area contributed by atoms with Gasteiger partial charge in [-0.05, 0) is 48.9 Å². The Morgan fingerprint density at radius 2 is 1.38 bits per heavy atom. The molecule has 0 spiro atoms. The van der Waals surface area contributed by atoms with Gasteiger partial charge in [-0.25, -0.2) is 21.6 Å². The third-order valence-electron chi connectivity index (χ3n) is 3.51. The van der Waals surface area contributed by atoms with Gasteiger partial charge >= 0.3 is 0 Å². The summed E-state index contributed by atoms with van der Waals surface area (Å²) < 4.78 is 55.3. The summed E-state index contributed by atoms with van der Waals surface area (Å²) in [5.41, 5.74) is 0.666. The van der Waals surface area contributed by atoms with Gasteiger partial charge in [0, 0.05) is 12.3 Å². The van der Waals surface area contributed by atoms with Crippen molar-refractivity contribution < 1.29 is 21.6 Å². The van der Waals surface area contributed by atoms with E-state index in [1.165, 1.54) is 31.4 Å². The summed E-state index contributed by atoms with van der Waals surface area (Å²) in [4.78, 5) is 0.319. The Bertz CT molecular complexity index is 902. The third-order valence-corrected chi connectivity index (χ3v) is 6.20. The molecule has 2 aromatic rings. The van der Waals surface area contributed by atoms with Gasteiger partial charge in [-0.1, -0.05) is 12.1 Å². The van der Waals surface area contributed by atoms with Gasteiger partial charge in [0.05, 0.1) is 16.9 Å². The van der Waals surface area contributed by atoms with Gasteiger partial charge in [0.25, 0.3) is 0 Å². The Balaban J connectivity index is 2.19. The summed E-state index contributed by atoms with van der Waals surface area (Å²) in [6.07, 6.45) is 1.12. The summed E-state index contributed by atoms with van der Waals surface area (Å²) >= 11 is 0. The lowest BCUT2D eigenvalue weighted by Crippen LogP contribution is -2.26. The predicted molar refractivity (Wildman–Crippen MR) is 91.3 cm³/mol. The summed E-state index contributed by atoms with van der Waals surface area (Å²) in [6, 6.07) is 11.7. The molecule has 0 unspecified atom stereocenters. The first-order valence-corrected chi connectivity index (χ1v) is 10.5. The van der Waals surface area contributed by atoms with Crippen molar-refractivity contribution in [1.82, 2.24) is 4.72 Å². The van der Waals surface area contributed by atoms with Crippen LogP contribution in [0.5, 0.6) is 5.75 Å². The molecule has 0 aliphatic carbocycles. The zero-order valence-corrected chi connectivity index (χ0v) is 15.2. The van der Waals surface area contributed by atoms with E-state index >= 15 is 0 Å². The number of hydrogen-bond donors (Lipinski definition) is 1. The largest absolute Gasteiger partial charge is 0.497 e. The standard InChI is InChI=1S/C16H19NO5S2/c1-12(13-4-8-15(9-5-13)23(3,18)19)17-24(20,21)16-10-6-14(22-2)7-11-16/h4-12,17H,1-3H3/t12-/m1/s1. The van der Waals surface area contributed by atoms with E-state index in [0.29, 0.717) is 11.3 Å². The van der Waals surface area contributed by atoms with E-state index in [9.17, 15) is 16.8 Å². The lowest BCUT2D eigenvalue weighted by Gasteiger charge is -2.15. The number of benzene rings is 2. The summed E-state index contributed by atoms with van der Waals surface area (Å²) in [6.45, 7) is 1.69. The van der Waals surface area contributed by atoms with Crippen molar-refractivity contribution in [3.8, 4) is 5.75 Å². The van der Waals surface area contributed by atoms with Crippen LogP contribution in [0.1, 0.15) is 18.5 Å². The van der Waals surface area contributed by atoms with E-state index in [4.69, 9.17) is 4.74 Å². The predicted octanol–water partition coefficient (Wildman–Crippen LogP) is 2.14. The van der Waals surface area contributed by atoms with Gasteiger partial charge in [-0.2, -0.15) is 0 Å². The van der Waals surface area contributed by atoms with Crippen molar-refractivity contribution in [2.75, 3.05) is 13.4 Å². The monoisotopic (exact) mass is 369 g/mol. The maximum absolute atomic E-state index is 12.4. The van der Waals surface area contributed by atoms with Crippen molar-refractivity contribution in [2.24, 2.45) is 0 Å². The van der Waals surface area contributed by atoms with Crippen molar-refractivity contribution in [3.05, 3.63) is 54.1 Å². The minimum Gasteiger partial charge on any atom is -0.497 e. The number of sulfonamides is 1. The smallest absolute Gasteiger partial charge is 0.241 e. The molecule has 6 nitrogen and oxygen atoms in total. The van der Waals surface area contributed by atoms with Crippen molar-refractivity contribution in [3.63, 3.8) is 0 Å². The van der Waals surface area contributed by atoms with E-state index in [-0.39, 0.29) is 9.79 Å². The molecule has 0 fully saturated rings. The van der Waals surface area contributed by atoms with Crippen LogP contribution >= 0.6 is 0 Å². The molecular formula is C16H19NO5S2. The van der Waals surface area contributed by atoms with Crippen molar-refractivity contribution in [1.29, 1.82) is 0 Å².